The molecule has 10 heteroatoms. The van der Waals surface area contributed by atoms with Crippen molar-refractivity contribution >= 4 is 44.5 Å². The first-order valence-corrected chi connectivity index (χ1v) is 9.82. The average molecular weight is 389 g/mol. The lowest BCUT2D eigenvalue weighted by atomic mass is 10.3. The first kappa shape index (κ1) is 18.8. The van der Waals surface area contributed by atoms with Gasteiger partial charge in [-0.2, -0.15) is 4.99 Å². The zero-order valence-electron chi connectivity index (χ0n) is 13.3. The van der Waals surface area contributed by atoms with Crippen LogP contribution in [0.15, 0.2) is 50.9 Å². The predicted molar refractivity (Wildman–Crippen MR) is 97.6 cm³/mol. The minimum Gasteiger partial charge on any atom is -0.378 e. The van der Waals surface area contributed by atoms with Gasteiger partial charge < -0.3 is 10.5 Å². The Kier molecular flexibility index (Phi) is 5.92. The van der Waals surface area contributed by atoms with Crippen molar-refractivity contribution in [3.8, 4) is 0 Å². The molecule has 1 aromatic carbocycles. The van der Waals surface area contributed by atoms with Gasteiger partial charge in [0.05, 0.1) is 5.02 Å². The molecule has 2 rings (SSSR count). The van der Waals surface area contributed by atoms with E-state index in [-0.39, 0.29) is 21.0 Å². The topological polar surface area (TPSA) is 97.3 Å². The Hall–Kier alpha value is -1.55. The maximum absolute atomic E-state index is 13.1. The van der Waals surface area contributed by atoms with Crippen molar-refractivity contribution in [3.63, 3.8) is 0 Å². The maximum Gasteiger partial charge on any atom is 0.270 e. The van der Waals surface area contributed by atoms with Gasteiger partial charge in [0.1, 0.15) is 4.90 Å². The van der Waals surface area contributed by atoms with Crippen LogP contribution in [0.4, 0.5) is 0 Å². The third-order valence-corrected chi connectivity index (χ3v) is 5.87. The smallest absolute Gasteiger partial charge is 0.270 e. The highest BCUT2D eigenvalue weighted by molar-refractivity contribution is 8.13. The zero-order chi connectivity index (χ0) is 17.9. The monoisotopic (exact) mass is 388 g/mol. The molecule has 7 nitrogen and oxygen atoms in total. The number of halogens is 1. The Bertz CT molecular complexity index is 821. The summed E-state index contributed by atoms with van der Waals surface area (Å²) >= 11 is 7.24. The minimum atomic E-state index is -4.05. The van der Waals surface area contributed by atoms with Gasteiger partial charge in [-0.15, -0.1) is 0 Å². The van der Waals surface area contributed by atoms with E-state index in [1.165, 1.54) is 31.0 Å². The Labute approximate surface area is 150 Å². The summed E-state index contributed by atoms with van der Waals surface area (Å²) in [4.78, 5) is 8.23. The SMILES string of the molecule is COC1C=C(C)N=C(N=C(N)SC)N1S(=O)(=O)c1ccccc1Cl. The molecule has 1 aromatic rings. The highest BCUT2D eigenvalue weighted by Gasteiger charge is 2.37. The number of aliphatic imine (C=N–C) groups is 2. The van der Waals surface area contributed by atoms with E-state index in [1.54, 1.807) is 31.4 Å². The summed E-state index contributed by atoms with van der Waals surface area (Å²) in [5.74, 6) is -0.0754. The van der Waals surface area contributed by atoms with Crippen molar-refractivity contribution in [2.24, 2.45) is 15.7 Å². The molecule has 24 heavy (non-hydrogen) atoms. The lowest BCUT2D eigenvalue weighted by Crippen LogP contribution is -2.46. The number of nitrogens with two attached hydrogens (primary N) is 1. The fourth-order valence-electron chi connectivity index (χ4n) is 2.02. The van der Waals surface area contributed by atoms with Gasteiger partial charge >= 0.3 is 0 Å². The Balaban J connectivity index is 2.63. The molecule has 1 unspecified atom stereocenters. The second-order valence-corrected chi connectivity index (χ2v) is 7.75. The van der Waals surface area contributed by atoms with Gasteiger partial charge in [0, 0.05) is 12.8 Å². The van der Waals surface area contributed by atoms with E-state index >= 15 is 0 Å². The molecule has 1 aliphatic heterocycles. The van der Waals surface area contributed by atoms with E-state index in [1.807, 2.05) is 0 Å². The van der Waals surface area contributed by atoms with Gasteiger partial charge in [0.2, 0.25) is 5.96 Å². The van der Waals surface area contributed by atoms with Gasteiger partial charge in [-0.25, -0.2) is 17.7 Å². The van der Waals surface area contributed by atoms with Gasteiger partial charge in [-0.3, -0.25) is 0 Å². The van der Waals surface area contributed by atoms with Crippen LogP contribution in [0.1, 0.15) is 6.92 Å². The van der Waals surface area contributed by atoms with Gasteiger partial charge in [-0.1, -0.05) is 35.5 Å². The number of guanidine groups is 1. The van der Waals surface area contributed by atoms with Crippen LogP contribution in [0.3, 0.4) is 0 Å². The lowest BCUT2D eigenvalue weighted by molar-refractivity contribution is 0.0810. The van der Waals surface area contributed by atoms with Gasteiger partial charge in [0.15, 0.2) is 11.4 Å². The van der Waals surface area contributed by atoms with E-state index in [0.29, 0.717) is 5.70 Å². The van der Waals surface area contributed by atoms with Crippen LogP contribution in [-0.4, -0.2) is 43.4 Å². The molecular formula is C14H17ClN4O3S2. The highest BCUT2D eigenvalue weighted by atomic mass is 35.5. The van der Waals surface area contributed by atoms with E-state index < -0.39 is 16.3 Å². The zero-order valence-corrected chi connectivity index (χ0v) is 15.7. The summed E-state index contributed by atoms with van der Waals surface area (Å²) in [7, 11) is -2.65. The number of allylic oxidation sites excluding steroid dienone is 1. The van der Waals surface area contributed by atoms with Gasteiger partial charge in [0.25, 0.3) is 10.0 Å². The lowest BCUT2D eigenvalue weighted by Gasteiger charge is -2.31. The molecular weight excluding hydrogens is 372 g/mol. The molecule has 1 heterocycles. The van der Waals surface area contributed by atoms with E-state index in [9.17, 15) is 8.42 Å². The molecule has 1 atom stereocenters. The Morgan fingerprint density at radius 3 is 2.71 bits per heavy atom. The fourth-order valence-corrected chi connectivity index (χ4v) is 4.11. The summed E-state index contributed by atoms with van der Waals surface area (Å²) in [6.07, 6.45) is 2.39. The van der Waals surface area contributed by atoms with Crippen LogP contribution in [-0.2, 0) is 14.8 Å². The fraction of sp³-hybridized carbons (Fsp3) is 0.286. The standard InChI is InChI=1S/C14H17ClN4O3S2/c1-9-8-12(22-2)19(14(17-9)18-13(16)23-3)24(20,21)11-7-5-4-6-10(11)15/h4-8,12H,1-3H3,(H2,16,17,18). The third-order valence-electron chi connectivity index (χ3n) is 3.12. The number of ether oxygens (including phenoxy) is 1. The molecule has 0 spiro atoms. The number of amidine groups is 1. The van der Waals surface area contributed by atoms with Crippen molar-refractivity contribution in [1.82, 2.24) is 4.31 Å². The number of thioether (sulfide) groups is 1. The number of sulfonamides is 1. The summed E-state index contributed by atoms with van der Waals surface area (Å²) in [6, 6.07) is 6.14. The Morgan fingerprint density at radius 1 is 1.46 bits per heavy atom. The number of nitrogens with zero attached hydrogens (tertiary/aromatic N) is 3. The van der Waals surface area contributed by atoms with Gasteiger partial charge in [-0.05, 0) is 31.4 Å². The van der Waals surface area contributed by atoms with Crippen LogP contribution in [0.5, 0.6) is 0 Å². The summed E-state index contributed by atoms with van der Waals surface area (Å²) < 4.78 is 32.5. The van der Waals surface area contributed by atoms with Crippen LogP contribution < -0.4 is 5.73 Å². The third kappa shape index (κ3) is 3.75. The first-order valence-electron chi connectivity index (χ1n) is 6.78. The second kappa shape index (κ2) is 7.56. The molecule has 0 saturated carbocycles. The molecule has 130 valence electrons. The first-order chi connectivity index (χ1) is 11.3. The second-order valence-electron chi connectivity index (χ2n) is 4.73. The molecule has 0 fully saturated rings. The number of rotatable bonds is 3. The van der Waals surface area contributed by atoms with Crippen molar-refractivity contribution in [2.75, 3.05) is 13.4 Å². The number of benzene rings is 1. The molecule has 0 radical (unpaired) electrons. The number of hydrogen-bond donors (Lipinski definition) is 1. The quantitative estimate of drug-likeness (QED) is 0.632. The van der Waals surface area contributed by atoms with Crippen LogP contribution in [0, 0.1) is 0 Å². The molecule has 0 bridgehead atoms. The summed E-state index contributed by atoms with van der Waals surface area (Å²) in [5.41, 5.74) is 6.30. The molecule has 0 saturated heterocycles. The molecule has 0 aliphatic carbocycles. The summed E-state index contributed by atoms with van der Waals surface area (Å²) in [5, 5.41) is 0.275. The van der Waals surface area contributed by atoms with Crippen molar-refractivity contribution < 1.29 is 13.2 Å². The molecule has 0 aromatic heterocycles. The van der Waals surface area contributed by atoms with E-state index in [0.717, 1.165) is 4.31 Å². The molecule has 2 N–H and O–H groups in total. The maximum atomic E-state index is 13.1. The normalized spacial score (nSPS) is 19.1. The highest BCUT2D eigenvalue weighted by Crippen LogP contribution is 2.29. The Morgan fingerprint density at radius 2 is 2.12 bits per heavy atom. The molecule has 0 amide bonds. The molecule has 1 aliphatic rings. The van der Waals surface area contributed by atoms with Crippen molar-refractivity contribution in [3.05, 3.63) is 41.1 Å². The summed E-state index contributed by atoms with van der Waals surface area (Å²) in [6.45, 7) is 1.72. The average Bonchev–Trinajstić information content (AvgIpc) is 2.53. The minimum absolute atomic E-state index is 0.0627. The number of methoxy groups -OCH3 is 1. The van der Waals surface area contributed by atoms with Crippen LogP contribution in [0.2, 0.25) is 5.02 Å². The number of hydrogen-bond acceptors (Lipinski definition) is 6. The van der Waals surface area contributed by atoms with Crippen LogP contribution in [0.25, 0.3) is 0 Å². The van der Waals surface area contributed by atoms with E-state index in [2.05, 4.69) is 9.98 Å². The van der Waals surface area contributed by atoms with Crippen molar-refractivity contribution in [2.45, 2.75) is 18.0 Å². The largest absolute Gasteiger partial charge is 0.378 e. The van der Waals surface area contributed by atoms with Crippen molar-refractivity contribution in [1.29, 1.82) is 0 Å². The van der Waals surface area contributed by atoms with E-state index in [4.69, 9.17) is 22.1 Å². The predicted octanol–water partition coefficient (Wildman–Crippen LogP) is 2.25. The van der Waals surface area contributed by atoms with Crippen LogP contribution >= 0.6 is 23.4 Å².